The Morgan fingerprint density at radius 3 is 2.45 bits per heavy atom. The van der Waals surface area contributed by atoms with Crippen molar-refractivity contribution in [3.63, 3.8) is 0 Å². The fourth-order valence-corrected chi connectivity index (χ4v) is 4.40. The van der Waals surface area contributed by atoms with E-state index < -0.39 is 24.3 Å². The average Bonchev–Trinajstić information content (AvgIpc) is 3.06. The van der Waals surface area contributed by atoms with Gasteiger partial charge in [-0.1, -0.05) is 44.2 Å². The standard InChI is InChI=1S/C25H22F3NO4/c1-13(2)9-17-15-5-3-4-6-16(15)23(33-25(27)28)18-12-29(24(32)22(17)18)20-8-7-14(10-19(20)26)11-21(30)31/h3-8,10,13,25H,9,11-12H2,1-2H3,(H,30,31). The minimum absolute atomic E-state index is 0.0483. The van der Waals surface area contributed by atoms with Crippen LogP contribution in [0.4, 0.5) is 18.9 Å². The summed E-state index contributed by atoms with van der Waals surface area (Å²) >= 11 is 0. The summed E-state index contributed by atoms with van der Waals surface area (Å²) in [5, 5.41) is 10.1. The summed E-state index contributed by atoms with van der Waals surface area (Å²) in [6.45, 7) is 0.747. The lowest BCUT2D eigenvalue weighted by Gasteiger charge is -2.18. The first-order chi connectivity index (χ1) is 15.7. The number of hydrogen-bond donors (Lipinski definition) is 1. The van der Waals surface area contributed by atoms with Gasteiger partial charge < -0.3 is 14.7 Å². The van der Waals surface area contributed by atoms with E-state index in [-0.39, 0.29) is 41.4 Å². The van der Waals surface area contributed by atoms with E-state index in [0.717, 1.165) is 6.07 Å². The van der Waals surface area contributed by atoms with Gasteiger partial charge in [-0.2, -0.15) is 8.78 Å². The van der Waals surface area contributed by atoms with Gasteiger partial charge in [0.2, 0.25) is 0 Å². The van der Waals surface area contributed by atoms with E-state index in [1.54, 1.807) is 24.3 Å². The molecule has 8 heteroatoms. The number of ether oxygens (including phenoxy) is 1. The summed E-state index contributed by atoms with van der Waals surface area (Å²) in [7, 11) is 0. The molecule has 0 atom stereocenters. The SMILES string of the molecule is CC(C)Cc1c2c(c(OC(F)F)c3ccccc13)CN(c1ccc(CC(=O)O)cc1F)C2=O. The maximum atomic E-state index is 14.9. The molecule has 0 saturated carbocycles. The van der Waals surface area contributed by atoms with E-state index in [1.165, 1.54) is 17.0 Å². The van der Waals surface area contributed by atoms with Crippen LogP contribution >= 0.6 is 0 Å². The number of alkyl halides is 2. The van der Waals surface area contributed by atoms with Crippen molar-refractivity contribution in [1.29, 1.82) is 0 Å². The summed E-state index contributed by atoms with van der Waals surface area (Å²) < 4.78 is 46.5. The van der Waals surface area contributed by atoms with Gasteiger partial charge in [0.05, 0.1) is 24.2 Å². The Morgan fingerprint density at radius 1 is 1.15 bits per heavy atom. The van der Waals surface area contributed by atoms with Crippen LogP contribution in [0.15, 0.2) is 42.5 Å². The topological polar surface area (TPSA) is 66.8 Å². The normalized spacial score (nSPS) is 13.3. The highest BCUT2D eigenvalue weighted by atomic mass is 19.3. The van der Waals surface area contributed by atoms with Gasteiger partial charge in [-0.25, -0.2) is 4.39 Å². The first kappa shape index (κ1) is 22.6. The molecule has 0 unspecified atom stereocenters. The molecule has 0 fully saturated rings. The van der Waals surface area contributed by atoms with E-state index in [4.69, 9.17) is 9.84 Å². The third-order valence-corrected chi connectivity index (χ3v) is 5.63. The maximum Gasteiger partial charge on any atom is 0.387 e. The van der Waals surface area contributed by atoms with Gasteiger partial charge in [0.25, 0.3) is 5.91 Å². The van der Waals surface area contributed by atoms with Crippen LogP contribution in [0.5, 0.6) is 5.75 Å². The Hall–Kier alpha value is -3.55. The second kappa shape index (κ2) is 8.77. The molecule has 1 aliphatic heterocycles. The highest BCUT2D eigenvalue weighted by Crippen LogP contribution is 2.44. The molecule has 5 nitrogen and oxygen atoms in total. The van der Waals surface area contributed by atoms with Crippen molar-refractivity contribution in [3.05, 3.63) is 70.5 Å². The lowest BCUT2D eigenvalue weighted by atomic mass is 9.89. The molecule has 1 amide bonds. The number of aliphatic carboxylic acids is 1. The van der Waals surface area contributed by atoms with Crippen LogP contribution in [0.3, 0.4) is 0 Å². The van der Waals surface area contributed by atoms with Gasteiger partial charge in [0, 0.05) is 10.9 Å². The summed E-state index contributed by atoms with van der Waals surface area (Å²) in [4.78, 5) is 25.6. The Bertz CT molecular complexity index is 1260. The van der Waals surface area contributed by atoms with Crippen molar-refractivity contribution in [1.82, 2.24) is 0 Å². The number of carbonyl (C=O) groups excluding carboxylic acids is 1. The number of carboxylic acids is 1. The van der Waals surface area contributed by atoms with Crippen LogP contribution in [0.25, 0.3) is 10.8 Å². The highest BCUT2D eigenvalue weighted by molar-refractivity contribution is 6.15. The molecule has 0 bridgehead atoms. The number of rotatable bonds is 7. The predicted molar refractivity (Wildman–Crippen MR) is 117 cm³/mol. The Kier molecular flexibility index (Phi) is 6.01. The first-order valence-electron chi connectivity index (χ1n) is 10.5. The fraction of sp³-hybridized carbons (Fsp3) is 0.280. The second-order valence-electron chi connectivity index (χ2n) is 8.43. The Labute approximate surface area is 188 Å². The van der Waals surface area contributed by atoms with Gasteiger partial charge in [-0.3, -0.25) is 9.59 Å². The molecule has 0 spiro atoms. The predicted octanol–water partition coefficient (Wildman–Crippen LogP) is 5.57. The largest absolute Gasteiger partial charge is 0.481 e. The average molecular weight is 457 g/mol. The number of carboxylic acid groups (broad SMARTS) is 1. The van der Waals surface area contributed by atoms with Gasteiger partial charge in [0.1, 0.15) is 11.6 Å². The minimum Gasteiger partial charge on any atom is -0.481 e. The highest BCUT2D eigenvalue weighted by Gasteiger charge is 2.37. The van der Waals surface area contributed by atoms with Crippen molar-refractivity contribution in [2.45, 2.75) is 39.8 Å². The zero-order valence-corrected chi connectivity index (χ0v) is 18.1. The summed E-state index contributed by atoms with van der Waals surface area (Å²) in [6, 6.07) is 10.8. The Morgan fingerprint density at radius 2 is 1.85 bits per heavy atom. The lowest BCUT2D eigenvalue weighted by Crippen LogP contribution is -2.25. The third-order valence-electron chi connectivity index (χ3n) is 5.63. The van der Waals surface area contributed by atoms with Gasteiger partial charge in [-0.15, -0.1) is 0 Å². The summed E-state index contributed by atoms with van der Waals surface area (Å²) in [5.41, 5.74) is 1.47. The molecule has 1 N–H and O–H groups in total. The van der Waals surface area contributed by atoms with Crippen molar-refractivity contribution >= 4 is 28.3 Å². The van der Waals surface area contributed by atoms with Crippen molar-refractivity contribution in [3.8, 4) is 5.75 Å². The molecular formula is C25H22F3NO4. The summed E-state index contributed by atoms with van der Waals surface area (Å²) in [5.74, 6) is -2.28. The molecule has 172 valence electrons. The van der Waals surface area contributed by atoms with Crippen molar-refractivity contribution in [2.24, 2.45) is 5.92 Å². The molecule has 3 aromatic carbocycles. The van der Waals surface area contributed by atoms with Crippen LogP contribution < -0.4 is 9.64 Å². The van der Waals surface area contributed by atoms with E-state index in [2.05, 4.69) is 0 Å². The third kappa shape index (κ3) is 4.25. The molecule has 0 radical (unpaired) electrons. The maximum absolute atomic E-state index is 14.9. The minimum atomic E-state index is -3.09. The van der Waals surface area contributed by atoms with Crippen molar-refractivity contribution in [2.75, 3.05) is 4.90 Å². The quantitative estimate of drug-likeness (QED) is 0.504. The number of amides is 1. The van der Waals surface area contributed by atoms with Gasteiger partial charge >= 0.3 is 12.6 Å². The van der Waals surface area contributed by atoms with Crippen LogP contribution in [0.1, 0.15) is 40.9 Å². The van der Waals surface area contributed by atoms with Crippen LogP contribution in [0.2, 0.25) is 0 Å². The zero-order chi connectivity index (χ0) is 23.9. The number of anilines is 1. The number of carbonyl (C=O) groups is 2. The second-order valence-corrected chi connectivity index (χ2v) is 8.43. The number of halogens is 3. The number of hydrogen-bond acceptors (Lipinski definition) is 3. The Balaban J connectivity index is 1.89. The number of nitrogens with zero attached hydrogens (tertiary/aromatic N) is 1. The number of benzene rings is 3. The molecule has 4 rings (SSSR count). The molecule has 1 heterocycles. The van der Waals surface area contributed by atoms with E-state index in [9.17, 15) is 22.8 Å². The number of fused-ring (bicyclic) bond motifs is 2. The van der Waals surface area contributed by atoms with E-state index in [0.29, 0.717) is 28.3 Å². The monoisotopic (exact) mass is 457 g/mol. The van der Waals surface area contributed by atoms with Crippen LogP contribution in [-0.2, 0) is 24.2 Å². The lowest BCUT2D eigenvalue weighted by molar-refractivity contribution is -0.136. The molecular weight excluding hydrogens is 435 g/mol. The van der Waals surface area contributed by atoms with E-state index in [1.807, 2.05) is 13.8 Å². The van der Waals surface area contributed by atoms with Gasteiger partial charge in [0.15, 0.2) is 0 Å². The zero-order valence-electron chi connectivity index (χ0n) is 18.1. The molecule has 0 saturated heterocycles. The van der Waals surface area contributed by atoms with E-state index >= 15 is 0 Å². The van der Waals surface area contributed by atoms with Gasteiger partial charge in [-0.05, 0) is 41.0 Å². The van der Waals surface area contributed by atoms with Crippen LogP contribution in [0, 0.1) is 11.7 Å². The molecule has 0 aliphatic carbocycles. The molecule has 33 heavy (non-hydrogen) atoms. The van der Waals surface area contributed by atoms with Crippen molar-refractivity contribution < 1.29 is 32.6 Å². The summed E-state index contributed by atoms with van der Waals surface area (Å²) in [6.07, 6.45) is 0.166. The smallest absolute Gasteiger partial charge is 0.387 e. The first-order valence-corrected chi connectivity index (χ1v) is 10.5. The van der Waals surface area contributed by atoms with Crippen LogP contribution in [-0.4, -0.2) is 23.6 Å². The molecule has 3 aromatic rings. The molecule has 1 aliphatic rings. The fourth-order valence-electron chi connectivity index (χ4n) is 4.40. The molecule has 0 aromatic heterocycles.